The molecule has 104 valence electrons. The number of carbonyl (C=O) groups excluding carboxylic acids is 1. The third kappa shape index (κ3) is 3.61. The van der Waals surface area contributed by atoms with Gasteiger partial charge in [0.2, 0.25) is 0 Å². The Balaban J connectivity index is 1.81. The number of rotatable bonds is 3. The number of urea groups is 1. The van der Waals surface area contributed by atoms with Crippen LogP contribution in [0.5, 0.6) is 0 Å². The third-order valence-electron chi connectivity index (χ3n) is 3.83. The topological polar surface area (TPSA) is 32.8 Å². The number of nitrogens with zero attached hydrogens (tertiary/aromatic N) is 2. The Hall–Kier alpha value is -0.770. The molecule has 0 saturated carbocycles. The van der Waals surface area contributed by atoms with Crippen molar-refractivity contribution in [1.82, 2.24) is 9.80 Å². The van der Waals surface area contributed by atoms with Crippen molar-refractivity contribution in [3.63, 3.8) is 0 Å². The zero-order valence-electron chi connectivity index (χ0n) is 11.6. The fourth-order valence-corrected chi connectivity index (χ4v) is 2.82. The van der Waals surface area contributed by atoms with E-state index in [9.17, 15) is 4.79 Å². The molecule has 4 heteroatoms. The Morgan fingerprint density at radius 1 is 1.11 bits per heavy atom. The number of hydrogen-bond acceptors (Lipinski definition) is 2. The second-order valence-corrected chi connectivity index (χ2v) is 5.41. The highest BCUT2D eigenvalue weighted by Crippen LogP contribution is 2.17. The highest BCUT2D eigenvalue weighted by Gasteiger charge is 2.27. The van der Waals surface area contributed by atoms with E-state index in [2.05, 4.69) is 6.92 Å². The average Bonchev–Trinajstić information content (AvgIpc) is 2.45. The number of likely N-dealkylation sites (tertiary alicyclic amines) is 2. The quantitative estimate of drug-likeness (QED) is 0.775. The number of piperidine rings is 2. The molecule has 2 saturated heterocycles. The van der Waals surface area contributed by atoms with E-state index in [0.29, 0.717) is 0 Å². The Labute approximate surface area is 110 Å². The lowest BCUT2D eigenvalue weighted by Gasteiger charge is -2.37. The number of hydrogen-bond donors (Lipinski definition) is 0. The molecule has 0 N–H and O–H groups in total. The molecule has 0 radical (unpaired) electrons. The summed E-state index contributed by atoms with van der Waals surface area (Å²) in [7, 11) is 0. The Kier molecular flexibility index (Phi) is 5.29. The normalized spacial score (nSPS) is 25.3. The lowest BCUT2D eigenvalue weighted by molar-refractivity contribution is 0.00507. The molecule has 2 aliphatic rings. The first-order chi connectivity index (χ1) is 8.81. The molecule has 2 fully saturated rings. The van der Waals surface area contributed by atoms with Crippen LogP contribution in [-0.4, -0.2) is 54.7 Å². The van der Waals surface area contributed by atoms with Gasteiger partial charge in [-0.05, 0) is 38.5 Å². The van der Waals surface area contributed by atoms with Gasteiger partial charge in [0, 0.05) is 32.8 Å². The van der Waals surface area contributed by atoms with Gasteiger partial charge in [0.05, 0.1) is 6.10 Å². The molecule has 0 aromatic heterocycles. The predicted molar refractivity (Wildman–Crippen MR) is 71.7 cm³/mol. The van der Waals surface area contributed by atoms with Crippen molar-refractivity contribution in [2.24, 2.45) is 0 Å². The number of ether oxygens (including phenoxy) is 1. The van der Waals surface area contributed by atoms with Crippen LogP contribution in [0.3, 0.4) is 0 Å². The van der Waals surface area contributed by atoms with Gasteiger partial charge < -0.3 is 14.5 Å². The lowest BCUT2D eigenvalue weighted by Crippen LogP contribution is -2.50. The van der Waals surface area contributed by atoms with Crippen molar-refractivity contribution < 1.29 is 9.53 Å². The summed E-state index contributed by atoms with van der Waals surface area (Å²) in [4.78, 5) is 16.4. The number of amides is 2. The standard InChI is InChI=1S/C14H26N2O2/c1-2-11-18-13-7-6-10-16(12-13)14(17)15-8-4-3-5-9-15/h13H,2-12H2,1H3. The van der Waals surface area contributed by atoms with E-state index in [-0.39, 0.29) is 12.1 Å². The monoisotopic (exact) mass is 254 g/mol. The summed E-state index contributed by atoms with van der Waals surface area (Å²) < 4.78 is 5.79. The summed E-state index contributed by atoms with van der Waals surface area (Å²) in [5.74, 6) is 0. The van der Waals surface area contributed by atoms with Crippen LogP contribution in [0.15, 0.2) is 0 Å². The van der Waals surface area contributed by atoms with Gasteiger partial charge in [-0.2, -0.15) is 0 Å². The van der Waals surface area contributed by atoms with Crippen LogP contribution in [0, 0.1) is 0 Å². The average molecular weight is 254 g/mol. The second kappa shape index (κ2) is 6.98. The van der Waals surface area contributed by atoms with Gasteiger partial charge in [-0.3, -0.25) is 0 Å². The van der Waals surface area contributed by atoms with Crippen molar-refractivity contribution >= 4 is 6.03 Å². The molecule has 18 heavy (non-hydrogen) atoms. The van der Waals surface area contributed by atoms with Gasteiger partial charge >= 0.3 is 6.03 Å². The van der Waals surface area contributed by atoms with E-state index in [1.807, 2.05) is 9.80 Å². The first kappa shape index (κ1) is 13.7. The smallest absolute Gasteiger partial charge is 0.320 e. The highest BCUT2D eigenvalue weighted by atomic mass is 16.5. The van der Waals surface area contributed by atoms with Crippen molar-refractivity contribution in [2.75, 3.05) is 32.8 Å². The largest absolute Gasteiger partial charge is 0.376 e. The first-order valence-electron chi connectivity index (χ1n) is 7.46. The maximum absolute atomic E-state index is 12.4. The fourth-order valence-electron chi connectivity index (χ4n) is 2.82. The summed E-state index contributed by atoms with van der Waals surface area (Å²) in [5, 5.41) is 0. The van der Waals surface area contributed by atoms with Crippen LogP contribution < -0.4 is 0 Å². The molecule has 1 unspecified atom stereocenters. The van der Waals surface area contributed by atoms with Gasteiger partial charge in [-0.15, -0.1) is 0 Å². The summed E-state index contributed by atoms with van der Waals surface area (Å²) in [6.45, 7) is 6.51. The van der Waals surface area contributed by atoms with Crippen LogP contribution >= 0.6 is 0 Å². The van der Waals surface area contributed by atoms with E-state index >= 15 is 0 Å². The van der Waals surface area contributed by atoms with Crippen molar-refractivity contribution in [2.45, 2.75) is 51.6 Å². The van der Waals surface area contributed by atoms with Crippen LogP contribution in [-0.2, 0) is 4.74 Å². The summed E-state index contributed by atoms with van der Waals surface area (Å²) >= 11 is 0. The van der Waals surface area contributed by atoms with E-state index in [4.69, 9.17) is 4.74 Å². The molecule has 1 atom stereocenters. The second-order valence-electron chi connectivity index (χ2n) is 5.41. The van der Waals surface area contributed by atoms with Crippen LogP contribution in [0.1, 0.15) is 45.4 Å². The molecule has 4 nitrogen and oxygen atoms in total. The molecular weight excluding hydrogens is 228 g/mol. The minimum Gasteiger partial charge on any atom is -0.376 e. The molecule has 0 spiro atoms. The first-order valence-corrected chi connectivity index (χ1v) is 7.46. The Bertz CT molecular complexity index is 265. The fraction of sp³-hybridized carbons (Fsp3) is 0.929. The van der Waals surface area contributed by atoms with Gasteiger partial charge in [-0.25, -0.2) is 4.79 Å². The molecular formula is C14H26N2O2. The van der Waals surface area contributed by atoms with Crippen molar-refractivity contribution in [3.05, 3.63) is 0 Å². The summed E-state index contributed by atoms with van der Waals surface area (Å²) in [6.07, 6.45) is 7.08. The summed E-state index contributed by atoms with van der Waals surface area (Å²) in [6, 6.07) is 0.236. The van der Waals surface area contributed by atoms with E-state index < -0.39 is 0 Å². The van der Waals surface area contributed by atoms with Gasteiger partial charge in [0.25, 0.3) is 0 Å². The molecule has 2 amide bonds. The van der Waals surface area contributed by atoms with E-state index in [1.54, 1.807) is 0 Å². The Morgan fingerprint density at radius 2 is 1.83 bits per heavy atom. The number of carbonyl (C=O) groups is 1. The minimum atomic E-state index is 0.236. The van der Waals surface area contributed by atoms with Crippen LogP contribution in [0.2, 0.25) is 0 Å². The highest BCUT2D eigenvalue weighted by molar-refractivity contribution is 5.74. The van der Waals surface area contributed by atoms with E-state index in [1.165, 1.54) is 6.42 Å². The molecule has 0 aromatic rings. The zero-order valence-corrected chi connectivity index (χ0v) is 11.6. The maximum Gasteiger partial charge on any atom is 0.320 e. The van der Waals surface area contributed by atoms with Crippen molar-refractivity contribution in [1.29, 1.82) is 0 Å². The maximum atomic E-state index is 12.4. The predicted octanol–water partition coefficient (Wildman–Crippen LogP) is 2.48. The molecule has 0 aliphatic carbocycles. The van der Waals surface area contributed by atoms with E-state index in [0.717, 1.165) is 64.9 Å². The van der Waals surface area contributed by atoms with Crippen LogP contribution in [0.25, 0.3) is 0 Å². The van der Waals surface area contributed by atoms with Gasteiger partial charge in [0.1, 0.15) is 0 Å². The third-order valence-corrected chi connectivity index (χ3v) is 3.83. The lowest BCUT2D eigenvalue weighted by atomic mass is 10.1. The van der Waals surface area contributed by atoms with Crippen LogP contribution in [0.4, 0.5) is 4.79 Å². The molecule has 2 heterocycles. The molecule has 0 bridgehead atoms. The van der Waals surface area contributed by atoms with Gasteiger partial charge in [0.15, 0.2) is 0 Å². The Morgan fingerprint density at radius 3 is 2.56 bits per heavy atom. The van der Waals surface area contributed by atoms with Gasteiger partial charge in [-0.1, -0.05) is 6.92 Å². The molecule has 0 aromatic carbocycles. The van der Waals surface area contributed by atoms with Crippen molar-refractivity contribution in [3.8, 4) is 0 Å². The zero-order chi connectivity index (χ0) is 12.8. The minimum absolute atomic E-state index is 0.236. The SMILES string of the molecule is CCCOC1CCCN(C(=O)N2CCCCC2)C1. The summed E-state index contributed by atoms with van der Waals surface area (Å²) in [5.41, 5.74) is 0. The molecule has 2 rings (SSSR count). The molecule has 2 aliphatic heterocycles.